The highest BCUT2D eigenvalue weighted by Crippen LogP contribution is 2.37. The molecule has 2 aliphatic heterocycles. The van der Waals surface area contributed by atoms with Gasteiger partial charge < -0.3 is 4.74 Å². The number of anilines is 1. The van der Waals surface area contributed by atoms with Crippen molar-refractivity contribution >= 4 is 73.7 Å². The van der Waals surface area contributed by atoms with Gasteiger partial charge in [-0.3, -0.25) is 19.3 Å². The minimum Gasteiger partial charge on any atom is -0.490 e. The van der Waals surface area contributed by atoms with Gasteiger partial charge in [0.1, 0.15) is 22.7 Å². The molecule has 6 nitrogen and oxygen atoms in total. The van der Waals surface area contributed by atoms with Crippen LogP contribution in [-0.4, -0.2) is 39.6 Å². The van der Waals surface area contributed by atoms with Gasteiger partial charge in [0.05, 0.1) is 17.0 Å². The Kier molecular flexibility index (Phi) is 6.59. The van der Waals surface area contributed by atoms with Crippen LogP contribution in [0.5, 0.6) is 5.75 Å². The fourth-order valence-electron chi connectivity index (χ4n) is 3.43. The van der Waals surface area contributed by atoms with E-state index in [0.29, 0.717) is 22.9 Å². The summed E-state index contributed by atoms with van der Waals surface area (Å²) in [7, 11) is 0. The van der Waals surface area contributed by atoms with Gasteiger partial charge in [-0.2, -0.15) is 0 Å². The zero-order valence-corrected chi connectivity index (χ0v) is 19.9. The number of hydrogen-bond donors (Lipinski definition) is 0. The lowest BCUT2D eigenvalue weighted by Gasteiger charge is -2.21. The molecule has 2 heterocycles. The highest BCUT2D eigenvalue weighted by molar-refractivity contribution is 9.10. The van der Waals surface area contributed by atoms with Crippen LogP contribution in [0, 0.1) is 0 Å². The van der Waals surface area contributed by atoms with Crippen LogP contribution in [0.1, 0.15) is 12.0 Å². The lowest BCUT2D eigenvalue weighted by atomic mass is 10.2. The number of thiocarbonyl (C=S) groups is 1. The molecule has 0 saturated carbocycles. The van der Waals surface area contributed by atoms with Crippen LogP contribution in [0.4, 0.5) is 5.69 Å². The van der Waals surface area contributed by atoms with E-state index in [1.54, 1.807) is 42.5 Å². The van der Waals surface area contributed by atoms with Gasteiger partial charge in [0.25, 0.3) is 11.8 Å². The third-order valence-electron chi connectivity index (χ3n) is 4.87. The molecule has 0 aliphatic carbocycles. The number of thioether (sulfide) groups is 1. The normalized spacial score (nSPS) is 19.9. The lowest BCUT2D eigenvalue weighted by Crippen LogP contribution is -2.44. The Morgan fingerprint density at radius 1 is 1.19 bits per heavy atom. The molecule has 9 heteroatoms. The van der Waals surface area contributed by atoms with Crippen LogP contribution in [0.25, 0.3) is 6.08 Å². The third kappa shape index (κ3) is 4.41. The monoisotopic (exact) mass is 528 g/mol. The first-order chi connectivity index (χ1) is 15.4. The van der Waals surface area contributed by atoms with Crippen LogP contribution >= 0.6 is 39.9 Å². The Morgan fingerprint density at radius 3 is 2.66 bits per heavy atom. The summed E-state index contributed by atoms with van der Waals surface area (Å²) in [6, 6.07) is 13.2. The molecule has 0 N–H and O–H groups in total. The molecule has 2 aromatic carbocycles. The molecule has 2 saturated heterocycles. The maximum absolute atomic E-state index is 13.1. The number of rotatable bonds is 6. The smallest absolute Gasteiger partial charge is 0.266 e. The van der Waals surface area contributed by atoms with Crippen molar-refractivity contribution < 1.29 is 19.1 Å². The second kappa shape index (κ2) is 9.40. The van der Waals surface area contributed by atoms with Crippen molar-refractivity contribution in [2.24, 2.45) is 0 Å². The van der Waals surface area contributed by atoms with Crippen molar-refractivity contribution in [2.45, 2.75) is 12.5 Å². The quantitative estimate of drug-likeness (QED) is 0.237. The molecule has 0 radical (unpaired) electrons. The number of nitrogens with zero attached hydrogens (tertiary/aromatic N) is 2. The number of amides is 3. The van der Waals surface area contributed by atoms with E-state index in [4.69, 9.17) is 17.0 Å². The first-order valence-corrected chi connectivity index (χ1v) is 11.6. The maximum atomic E-state index is 13.1. The Hall–Kier alpha value is -2.75. The minimum atomic E-state index is -0.952. The standard InChI is InChI=1S/C23H17BrN2O4S2/c1-2-10-30-17-5-3-4-14(11-17)12-19-22(29)26(23(31)32-19)18-13-20(27)25(21(18)28)16-8-6-15(24)7-9-16/h2-9,11-12,18H,1,10,13H2/b19-12-. The summed E-state index contributed by atoms with van der Waals surface area (Å²) in [5.41, 5.74) is 1.22. The fourth-order valence-corrected chi connectivity index (χ4v) is 5.05. The number of carbonyl (C=O) groups is 3. The molecule has 2 aromatic rings. The predicted molar refractivity (Wildman–Crippen MR) is 132 cm³/mol. The van der Waals surface area contributed by atoms with Gasteiger partial charge in [-0.05, 0) is 48.0 Å². The summed E-state index contributed by atoms with van der Waals surface area (Å²) < 4.78 is 6.62. The molecule has 2 aliphatic rings. The number of ether oxygens (including phenoxy) is 1. The second-order valence-electron chi connectivity index (χ2n) is 6.99. The molecule has 162 valence electrons. The first-order valence-electron chi connectivity index (χ1n) is 9.62. The van der Waals surface area contributed by atoms with E-state index in [1.165, 1.54) is 4.90 Å². The number of benzene rings is 2. The summed E-state index contributed by atoms with van der Waals surface area (Å²) in [4.78, 5) is 41.6. The van der Waals surface area contributed by atoms with Crippen LogP contribution in [0.3, 0.4) is 0 Å². The van der Waals surface area contributed by atoms with Crippen molar-refractivity contribution in [3.05, 3.63) is 76.1 Å². The molecule has 0 spiro atoms. The summed E-state index contributed by atoms with van der Waals surface area (Å²) in [6.07, 6.45) is 3.24. The number of hydrogen-bond acceptors (Lipinski definition) is 6. The van der Waals surface area contributed by atoms with Crippen LogP contribution in [0.15, 0.2) is 70.6 Å². The van der Waals surface area contributed by atoms with Crippen LogP contribution in [-0.2, 0) is 14.4 Å². The van der Waals surface area contributed by atoms with Gasteiger partial charge in [-0.1, -0.05) is 64.7 Å². The summed E-state index contributed by atoms with van der Waals surface area (Å²) in [6.45, 7) is 4.00. The highest BCUT2D eigenvalue weighted by atomic mass is 79.9. The molecule has 1 atom stereocenters. The Balaban J connectivity index is 1.56. The van der Waals surface area contributed by atoms with E-state index in [9.17, 15) is 14.4 Å². The van der Waals surface area contributed by atoms with Crippen molar-refractivity contribution in [3.63, 3.8) is 0 Å². The molecule has 3 amide bonds. The fraction of sp³-hybridized carbons (Fsp3) is 0.130. The predicted octanol–water partition coefficient (Wildman–Crippen LogP) is 4.55. The topological polar surface area (TPSA) is 66.9 Å². The van der Waals surface area contributed by atoms with Gasteiger partial charge in [0.2, 0.25) is 5.91 Å². The minimum absolute atomic E-state index is 0.112. The Morgan fingerprint density at radius 2 is 1.94 bits per heavy atom. The van der Waals surface area contributed by atoms with Gasteiger partial charge >= 0.3 is 0 Å². The maximum Gasteiger partial charge on any atom is 0.266 e. The molecule has 1 unspecified atom stereocenters. The third-order valence-corrected chi connectivity index (χ3v) is 6.73. The summed E-state index contributed by atoms with van der Waals surface area (Å²) >= 11 is 9.85. The number of imide groups is 1. The molecule has 0 aromatic heterocycles. The average molecular weight is 529 g/mol. The lowest BCUT2D eigenvalue weighted by molar-refractivity contribution is -0.129. The zero-order valence-electron chi connectivity index (χ0n) is 16.7. The van der Waals surface area contributed by atoms with E-state index in [1.807, 2.05) is 18.2 Å². The van der Waals surface area contributed by atoms with E-state index in [0.717, 1.165) is 26.7 Å². The molecular formula is C23H17BrN2O4S2. The highest BCUT2D eigenvalue weighted by Gasteiger charge is 2.48. The van der Waals surface area contributed by atoms with Crippen molar-refractivity contribution in [1.29, 1.82) is 0 Å². The molecule has 32 heavy (non-hydrogen) atoms. The summed E-state index contributed by atoms with van der Waals surface area (Å²) in [5.74, 6) is -0.570. The van der Waals surface area contributed by atoms with Gasteiger partial charge in [0.15, 0.2) is 0 Å². The first kappa shape index (κ1) is 22.4. The molecular weight excluding hydrogens is 512 g/mol. The van der Waals surface area contributed by atoms with E-state index in [2.05, 4.69) is 22.5 Å². The van der Waals surface area contributed by atoms with Gasteiger partial charge in [-0.25, -0.2) is 4.90 Å². The SMILES string of the molecule is C=CCOc1cccc(/C=C2\SC(=S)N(C3CC(=O)N(c4ccc(Br)cc4)C3=O)C2=O)c1. The largest absolute Gasteiger partial charge is 0.490 e. The van der Waals surface area contributed by atoms with E-state index in [-0.39, 0.29) is 22.6 Å². The van der Waals surface area contributed by atoms with Gasteiger partial charge in [-0.15, -0.1) is 0 Å². The zero-order chi connectivity index (χ0) is 22.8. The Bertz CT molecular complexity index is 1160. The number of carbonyl (C=O) groups excluding carboxylic acids is 3. The van der Waals surface area contributed by atoms with Crippen molar-refractivity contribution in [1.82, 2.24) is 4.90 Å². The van der Waals surface area contributed by atoms with Crippen LogP contribution < -0.4 is 9.64 Å². The van der Waals surface area contributed by atoms with E-state index < -0.39 is 11.9 Å². The van der Waals surface area contributed by atoms with Crippen molar-refractivity contribution in [2.75, 3.05) is 11.5 Å². The van der Waals surface area contributed by atoms with E-state index >= 15 is 0 Å². The molecule has 4 rings (SSSR count). The second-order valence-corrected chi connectivity index (χ2v) is 9.58. The number of halogens is 1. The Labute approximate surface area is 203 Å². The summed E-state index contributed by atoms with van der Waals surface area (Å²) in [5, 5.41) is 0. The van der Waals surface area contributed by atoms with Crippen molar-refractivity contribution in [3.8, 4) is 5.75 Å². The van der Waals surface area contributed by atoms with Gasteiger partial charge in [0, 0.05) is 4.47 Å². The van der Waals surface area contributed by atoms with Crippen LogP contribution in [0.2, 0.25) is 0 Å². The molecule has 2 fully saturated rings. The molecule has 0 bridgehead atoms. The average Bonchev–Trinajstić information content (AvgIpc) is 3.21.